The molecule has 0 unspecified atom stereocenters. The van der Waals surface area contributed by atoms with E-state index in [1.807, 2.05) is 37.0 Å². The summed E-state index contributed by atoms with van der Waals surface area (Å²) in [6.07, 6.45) is 3.76. The first-order valence-corrected chi connectivity index (χ1v) is 6.55. The lowest BCUT2D eigenvalue weighted by Gasteiger charge is -2.19. The van der Waals surface area contributed by atoms with Crippen LogP contribution in [0.1, 0.15) is 24.7 Å². The Morgan fingerprint density at radius 1 is 1.37 bits per heavy atom. The van der Waals surface area contributed by atoms with Gasteiger partial charge in [-0.2, -0.15) is 5.10 Å². The zero-order chi connectivity index (χ0) is 13.8. The molecule has 2 heterocycles. The van der Waals surface area contributed by atoms with E-state index in [0.29, 0.717) is 0 Å². The van der Waals surface area contributed by atoms with Crippen LogP contribution >= 0.6 is 0 Å². The van der Waals surface area contributed by atoms with E-state index in [1.165, 1.54) is 0 Å². The van der Waals surface area contributed by atoms with E-state index >= 15 is 0 Å². The maximum absolute atomic E-state index is 6.20. The molecule has 102 valence electrons. The molecule has 0 saturated heterocycles. The standard InChI is InChI=1S/C14H21N5/c1-4-7-12-13(15)14(19(3)17-12)18(2)10-11-8-5-6-9-16-11/h5-6,8-9H,4,7,10,15H2,1-3H3. The third-order valence-electron chi connectivity index (χ3n) is 3.10. The molecule has 2 rings (SSSR count). The van der Waals surface area contributed by atoms with E-state index in [2.05, 4.69) is 21.9 Å². The van der Waals surface area contributed by atoms with E-state index < -0.39 is 0 Å². The minimum Gasteiger partial charge on any atom is -0.394 e. The highest BCUT2D eigenvalue weighted by atomic mass is 15.4. The molecule has 0 spiro atoms. The van der Waals surface area contributed by atoms with Crippen molar-refractivity contribution in [2.75, 3.05) is 17.7 Å². The molecule has 0 aliphatic rings. The molecule has 5 heteroatoms. The molecule has 0 amide bonds. The predicted octanol–water partition coefficient (Wildman–Crippen LogP) is 1.99. The average molecular weight is 259 g/mol. The second-order valence-electron chi connectivity index (χ2n) is 4.73. The Morgan fingerprint density at radius 3 is 2.79 bits per heavy atom. The number of anilines is 2. The van der Waals surface area contributed by atoms with Crippen molar-refractivity contribution in [1.29, 1.82) is 0 Å². The van der Waals surface area contributed by atoms with E-state index in [1.54, 1.807) is 6.20 Å². The van der Waals surface area contributed by atoms with Crippen molar-refractivity contribution >= 4 is 11.5 Å². The van der Waals surface area contributed by atoms with E-state index in [9.17, 15) is 0 Å². The third kappa shape index (κ3) is 2.86. The van der Waals surface area contributed by atoms with Crippen molar-refractivity contribution in [2.45, 2.75) is 26.3 Å². The smallest absolute Gasteiger partial charge is 0.150 e. The van der Waals surface area contributed by atoms with Gasteiger partial charge in [0, 0.05) is 20.3 Å². The monoisotopic (exact) mass is 259 g/mol. The molecular weight excluding hydrogens is 238 g/mol. The highest BCUT2D eigenvalue weighted by molar-refractivity contribution is 5.66. The van der Waals surface area contributed by atoms with E-state index in [4.69, 9.17) is 5.73 Å². The molecule has 0 aliphatic carbocycles. The number of aromatic nitrogens is 3. The summed E-state index contributed by atoms with van der Waals surface area (Å²) >= 11 is 0. The van der Waals surface area contributed by atoms with Gasteiger partial charge in [0.15, 0.2) is 5.82 Å². The fraction of sp³-hybridized carbons (Fsp3) is 0.429. The Balaban J connectivity index is 2.21. The summed E-state index contributed by atoms with van der Waals surface area (Å²) in [6.45, 7) is 2.85. The largest absolute Gasteiger partial charge is 0.394 e. The van der Waals surface area contributed by atoms with Crippen LogP contribution in [0.3, 0.4) is 0 Å². The molecule has 2 aromatic heterocycles. The van der Waals surface area contributed by atoms with Crippen LogP contribution in [0.25, 0.3) is 0 Å². The van der Waals surface area contributed by atoms with Gasteiger partial charge in [0.1, 0.15) is 0 Å². The quantitative estimate of drug-likeness (QED) is 0.892. The Labute approximate surface area is 114 Å². The van der Waals surface area contributed by atoms with Gasteiger partial charge in [-0.3, -0.25) is 9.67 Å². The molecule has 0 atom stereocenters. The zero-order valence-electron chi connectivity index (χ0n) is 11.8. The highest BCUT2D eigenvalue weighted by Crippen LogP contribution is 2.26. The summed E-state index contributed by atoms with van der Waals surface area (Å²) in [5, 5.41) is 4.49. The minimum absolute atomic E-state index is 0.718. The molecule has 0 fully saturated rings. The SMILES string of the molecule is CCCc1nn(C)c(N(C)Cc2ccccn2)c1N. The molecule has 2 aromatic rings. The van der Waals surface area contributed by atoms with Crippen molar-refractivity contribution in [3.05, 3.63) is 35.8 Å². The molecular formula is C14H21N5. The topological polar surface area (TPSA) is 60.0 Å². The lowest BCUT2D eigenvalue weighted by atomic mass is 10.2. The molecule has 0 aromatic carbocycles. The van der Waals surface area contributed by atoms with Gasteiger partial charge in [-0.15, -0.1) is 0 Å². The number of pyridine rings is 1. The number of nitrogens with two attached hydrogens (primary N) is 1. The van der Waals surface area contributed by atoms with Crippen molar-refractivity contribution in [3.63, 3.8) is 0 Å². The van der Waals surface area contributed by atoms with Crippen LogP contribution in [0.2, 0.25) is 0 Å². The molecule has 5 nitrogen and oxygen atoms in total. The number of hydrogen-bond donors (Lipinski definition) is 1. The van der Waals surface area contributed by atoms with Crippen molar-refractivity contribution in [1.82, 2.24) is 14.8 Å². The summed E-state index contributed by atoms with van der Waals surface area (Å²) in [4.78, 5) is 6.42. The highest BCUT2D eigenvalue weighted by Gasteiger charge is 2.16. The second kappa shape index (κ2) is 5.73. The molecule has 0 saturated carbocycles. The lowest BCUT2D eigenvalue weighted by molar-refractivity contribution is 0.710. The summed E-state index contributed by atoms with van der Waals surface area (Å²) in [7, 11) is 3.94. The number of nitrogens with zero attached hydrogens (tertiary/aromatic N) is 4. The first-order valence-electron chi connectivity index (χ1n) is 6.55. The fourth-order valence-electron chi connectivity index (χ4n) is 2.27. The van der Waals surface area contributed by atoms with Gasteiger partial charge < -0.3 is 10.6 Å². The molecule has 0 aliphatic heterocycles. The van der Waals surface area contributed by atoms with E-state index in [-0.39, 0.29) is 0 Å². The van der Waals surface area contributed by atoms with Crippen molar-refractivity contribution < 1.29 is 0 Å². The Hall–Kier alpha value is -2.04. The number of rotatable bonds is 5. The normalized spacial score (nSPS) is 10.7. The van der Waals surface area contributed by atoms with Crippen LogP contribution in [0.5, 0.6) is 0 Å². The van der Waals surface area contributed by atoms with Crippen LogP contribution < -0.4 is 10.6 Å². The van der Waals surface area contributed by atoms with Gasteiger partial charge >= 0.3 is 0 Å². The lowest BCUT2D eigenvalue weighted by Crippen LogP contribution is -2.21. The maximum Gasteiger partial charge on any atom is 0.150 e. The second-order valence-corrected chi connectivity index (χ2v) is 4.73. The first kappa shape index (κ1) is 13.4. The van der Waals surface area contributed by atoms with Crippen LogP contribution in [-0.4, -0.2) is 21.8 Å². The third-order valence-corrected chi connectivity index (χ3v) is 3.10. The van der Waals surface area contributed by atoms with Gasteiger partial charge in [0.05, 0.1) is 23.6 Å². The Bertz CT molecular complexity index is 532. The van der Waals surface area contributed by atoms with Crippen LogP contribution in [0.15, 0.2) is 24.4 Å². The van der Waals surface area contributed by atoms with Gasteiger partial charge in [0.2, 0.25) is 0 Å². The van der Waals surface area contributed by atoms with Crippen LogP contribution in [-0.2, 0) is 20.0 Å². The Kier molecular flexibility index (Phi) is 4.04. The summed E-state index contributed by atoms with van der Waals surface area (Å²) < 4.78 is 1.85. The van der Waals surface area contributed by atoms with Crippen LogP contribution in [0.4, 0.5) is 11.5 Å². The van der Waals surface area contributed by atoms with E-state index in [0.717, 1.165) is 42.3 Å². The Morgan fingerprint density at radius 2 is 2.16 bits per heavy atom. The van der Waals surface area contributed by atoms with Crippen molar-refractivity contribution in [2.24, 2.45) is 7.05 Å². The summed E-state index contributed by atoms with van der Waals surface area (Å²) in [6, 6.07) is 5.92. The van der Waals surface area contributed by atoms with Gasteiger partial charge in [-0.05, 0) is 18.6 Å². The van der Waals surface area contributed by atoms with Crippen molar-refractivity contribution in [3.8, 4) is 0 Å². The fourth-order valence-corrected chi connectivity index (χ4v) is 2.27. The number of nitrogen functional groups attached to an aromatic ring is 1. The van der Waals surface area contributed by atoms with Gasteiger partial charge in [-0.25, -0.2) is 0 Å². The number of aryl methyl sites for hydroxylation is 2. The molecule has 2 N–H and O–H groups in total. The summed E-state index contributed by atoms with van der Waals surface area (Å²) in [5.41, 5.74) is 8.98. The number of hydrogen-bond acceptors (Lipinski definition) is 4. The molecule has 0 bridgehead atoms. The first-order chi connectivity index (χ1) is 9.13. The average Bonchev–Trinajstić information content (AvgIpc) is 2.66. The zero-order valence-corrected chi connectivity index (χ0v) is 11.8. The summed E-state index contributed by atoms with van der Waals surface area (Å²) in [5.74, 6) is 0.953. The minimum atomic E-state index is 0.718. The molecule has 19 heavy (non-hydrogen) atoms. The van der Waals surface area contributed by atoms with Gasteiger partial charge in [0.25, 0.3) is 0 Å². The maximum atomic E-state index is 6.20. The molecule has 0 radical (unpaired) electrons. The predicted molar refractivity (Wildman–Crippen MR) is 78.0 cm³/mol. The van der Waals surface area contributed by atoms with Gasteiger partial charge in [-0.1, -0.05) is 19.4 Å². The van der Waals surface area contributed by atoms with Crippen LogP contribution in [0, 0.1) is 0 Å².